The van der Waals surface area contributed by atoms with Gasteiger partial charge in [-0.05, 0) is 37.1 Å². The van der Waals surface area contributed by atoms with Crippen molar-refractivity contribution < 1.29 is 22.9 Å². The molecule has 33 heavy (non-hydrogen) atoms. The number of hydrogen-bond acceptors (Lipinski definition) is 8. The molecule has 0 bridgehead atoms. The molecule has 0 atom stereocenters. The maximum Gasteiger partial charge on any atom is 0.269 e. The number of amides is 1. The van der Waals surface area contributed by atoms with Gasteiger partial charge in [0.25, 0.3) is 11.6 Å². The summed E-state index contributed by atoms with van der Waals surface area (Å²) >= 11 is 1.23. The molecule has 2 aromatic carbocycles. The number of nitrogens with one attached hydrogen (secondary N) is 1. The summed E-state index contributed by atoms with van der Waals surface area (Å²) in [7, 11) is -3.47. The fraction of sp³-hybridized carbons (Fsp3) is 0.238. The lowest BCUT2D eigenvalue weighted by atomic mass is 10.2. The van der Waals surface area contributed by atoms with Gasteiger partial charge in [-0.25, -0.2) is 13.4 Å². The molecule has 1 aliphatic rings. The molecule has 0 radical (unpaired) electrons. The van der Waals surface area contributed by atoms with Crippen LogP contribution in [-0.2, 0) is 14.8 Å². The van der Waals surface area contributed by atoms with Crippen LogP contribution in [0, 0.1) is 10.1 Å². The molecule has 10 nitrogen and oxygen atoms in total. The van der Waals surface area contributed by atoms with Crippen molar-refractivity contribution >= 4 is 38.1 Å². The van der Waals surface area contributed by atoms with Crippen molar-refractivity contribution in [3.8, 4) is 17.0 Å². The van der Waals surface area contributed by atoms with E-state index in [4.69, 9.17) is 4.74 Å². The van der Waals surface area contributed by atoms with Gasteiger partial charge in [-0.1, -0.05) is 12.1 Å². The van der Waals surface area contributed by atoms with E-state index in [-0.39, 0.29) is 17.2 Å². The number of sulfonamides is 1. The number of rotatable bonds is 8. The number of nitro benzene ring substituents is 1. The fourth-order valence-corrected chi connectivity index (χ4v) is 5.56. The third-order valence-electron chi connectivity index (χ3n) is 5.02. The van der Waals surface area contributed by atoms with Crippen molar-refractivity contribution in [2.75, 3.05) is 25.0 Å². The third-order valence-corrected chi connectivity index (χ3v) is 7.69. The maximum atomic E-state index is 12.6. The minimum Gasteiger partial charge on any atom is -0.484 e. The summed E-state index contributed by atoms with van der Waals surface area (Å²) in [6, 6.07) is 11.9. The summed E-state index contributed by atoms with van der Waals surface area (Å²) in [6.07, 6.45) is 1.76. The molecule has 1 aliphatic heterocycles. The topological polar surface area (TPSA) is 132 Å². The first-order valence-electron chi connectivity index (χ1n) is 10.1. The lowest BCUT2D eigenvalue weighted by Gasteiger charge is -2.15. The molecule has 1 fully saturated rings. The van der Waals surface area contributed by atoms with Crippen molar-refractivity contribution in [3.63, 3.8) is 0 Å². The van der Waals surface area contributed by atoms with Gasteiger partial charge in [0.05, 0.1) is 15.5 Å². The van der Waals surface area contributed by atoms with Gasteiger partial charge in [0.2, 0.25) is 10.0 Å². The van der Waals surface area contributed by atoms with Crippen molar-refractivity contribution in [2.45, 2.75) is 17.7 Å². The Morgan fingerprint density at radius 2 is 1.79 bits per heavy atom. The van der Waals surface area contributed by atoms with Gasteiger partial charge in [0, 0.05) is 36.2 Å². The minimum absolute atomic E-state index is 0.0659. The number of carbonyl (C=O) groups excluding carboxylic acids is 1. The molecule has 1 saturated heterocycles. The zero-order chi connectivity index (χ0) is 23.4. The van der Waals surface area contributed by atoms with E-state index < -0.39 is 20.9 Å². The van der Waals surface area contributed by atoms with Crippen LogP contribution in [0.2, 0.25) is 0 Å². The van der Waals surface area contributed by atoms with Crippen LogP contribution < -0.4 is 10.1 Å². The first-order chi connectivity index (χ1) is 15.8. The first kappa shape index (κ1) is 22.8. The normalized spacial score (nSPS) is 14.2. The zero-order valence-corrected chi connectivity index (χ0v) is 19.0. The van der Waals surface area contributed by atoms with Crippen molar-refractivity contribution in [1.29, 1.82) is 0 Å². The quantitative estimate of drug-likeness (QED) is 0.379. The Morgan fingerprint density at radius 1 is 1.12 bits per heavy atom. The van der Waals surface area contributed by atoms with Crippen LogP contribution in [0.15, 0.2) is 58.8 Å². The van der Waals surface area contributed by atoms with Gasteiger partial charge in [-0.15, -0.1) is 11.3 Å². The molecule has 12 heteroatoms. The summed E-state index contributed by atoms with van der Waals surface area (Å²) < 4.78 is 32.1. The predicted octanol–water partition coefficient (Wildman–Crippen LogP) is 3.52. The highest BCUT2D eigenvalue weighted by Gasteiger charge is 2.27. The van der Waals surface area contributed by atoms with Crippen LogP contribution in [0.4, 0.5) is 10.8 Å². The number of non-ortho nitro benzene ring substituents is 1. The number of nitro groups is 1. The highest BCUT2D eigenvalue weighted by molar-refractivity contribution is 7.89. The van der Waals surface area contributed by atoms with Crippen molar-refractivity contribution in [2.24, 2.45) is 0 Å². The van der Waals surface area contributed by atoms with E-state index in [1.807, 2.05) is 0 Å². The molecule has 4 rings (SSSR count). The molecule has 0 unspecified atom stereocenters. The Hall–Kier alpha value is -3.35. The predicted molar refractivity (Wildman–Crippen MR) is 123 cm³/mol. The number of ether oxygens (including phenoxy) is 1. The Bertz CT molecular complexity index is 1250. The second kappa shape index (κ2) is 9.65. The SMILES string of the molecule is O=C(COc1ccc([N+](=O)[O-])cc1)Nc1nc(-c2ccc(S(=O)(=O)N3CCCC3)cc2)cs1. The molecular weight excluding hydrogens is 468 g/mol. The van der Waals surface area contributed by atoms with E-state index in [1.54, 1.807) is 29.6 Å². The summed E-state index contributed by atoms with van der Waals surface area (Å²) in [5, 5.41) is 15.4. The highest BCUT2D eigenvalue weighted by atomic mass is 32.2. The van der Waals surface area contributed by atoms with E-state index in [9.17, 15) is 23.3 Å². The van der Waals surface area contributed by atoms with Crippen LogP contribution in [0.3, 0.4) is 0 Å². The first-order valence-corrected chi connectivity index (χ1v) is 12.4. The summed E-state index contributed by atoms with van der Waals surface area (Å²) in [6.45, 7) is 0.816. The average molecular weight is 489 g/mol. The second-order valence-electron chi connectivity index (χ2n) is 7.26. The maximum absolute atomic E-state index is 12.6. The molecule has 172 valence electrons. The number of carbonyl (C=O) groups is 1. The number of anilines is 1. The van der Waals surface area contributed by atoms with E-state index >= 15 is 0 Å². The van der Waals surface area contributed by atoms with E-state index in [1.165, 1.54) is 39.9 Å². The largest absolute Gasteiger partial charge is 0.484 e. The van der Waals surface area contributed by atoms with Crippen LogP contribution in [0.25, 0.3) is 11.3 Å². The molecule has 1 amide bonds. The lowest BCUT2D eigenvalue weighted by Crippen LogP contribution is -2.27. The van der Waals surface area contributed by atoms with E-state index in [0.29, 0.717) is 29.7 Å². The van der Waals surface area contributed by atoms with Crippen LogP contribution in [-0.4, -0.2) is 48.2 Å². The summed E-state index contributed by atoms with van der Waals surface area (Å²) in [4.78, 5) is 26.9. The molecule has 0 spiro atoms. The lowest BCUT2D eigenvalue weighted by molar-refractivity contribution is -0.384. The number of nitrogens with zero attached hydrogens (tertiary/aromatic N) is 3. The third kappa shape index (κ3) is 5.35. The van der Waals surface area contributed by atoms with Crippen LogP contribution >= 0.6 is 11.3 Å². The molecule has 0 aliphatic carbocycles. The zero-order valence-electron chi connectivity index (χ0n) is 17.3. The molecule has 3 aromatic rings. The van der Waals surface area contributed by atoms with Crippen molar-refractivity contribution in [1.82, 2.24) is 9.29 Å². The molecule has 0 saturated carbocycles. The Kier molecular flexibility index (Phi) is 6.67. The standard InChI is InChI=1S/C21H20N4O6S2/c26-20(13-31-17-7-5-16(6-8-17)25(27)28)23-21-22-19(14-32-21)15-3-9-18(10-4-15)33(29,30)24-11-1-2-12-24/h3-10,14H,1-2,11-13H2,(H,22,23,26). The molecule has 2 heterocycles. The van der Waals surface area contributed by atoms with Gasteiger partial charge >= 0.3 is 0 Å². The molecule has 1 N–H and O–H groups in total. The summed E-state index contributed by atoms with van der Waals surface area (Å²) in [5.41, 5.74) is 1.27. The molecular formula is C21H20N4O6S2. The Labute approximate surface area is 194 Å². The smallest absolute Gasteiger partial charge is 0.269 e. The number of benzene rings is 2. The van der Waals surface area contributed by atoms with Gasteiger partial charge < -0.3 is 4.74 Å². The average Bonchev–Trinajstić information content (AvgIpc) is 3.51. The number of thiazole rings is 1. The van der Waals surface area contributed by atoms with Gasteiger partial charge in [-0.3, -0.25) is 20.2 Å². The molecule has 1 aromatic heterocycles. The van der Waals surface area contributed by atoms with Crippen LogP contribution in [0.5, 0.6) is 5.75 Å². The van der Waals surface area contributed by atoms with Crippen LogP contribution in [0.1, 0.15) is 12.8 Å². The fourth-order valence-electron chi connectivity index (χ4n) is 3.31. The van der Waals surface area contributed by atoms with Crippen molar-refractivity contribution in [3.05, 3.63) is 64.0 Å². The van der Waals surface area contributed by atoms with Gasteiger partial charge in [0.1, 0.15) is 5.75 Å². The van der Waals surface area contributed by atoms with Gasteiger partial charge in [0.15, 0.2) is 11.7 Å². The van der Waals surface area contributed by atoms with E-state index in [2.05, 4.69) is 10.3 Å². The Morgan fingerprint density at radius 3 is 2.42 bits per heavy atom. The number of hydrogen-bond donors (Lipinski definition) is 1. The monoisotopic (exact) mass is 488 g/mol. The highest BCUT2D eigenvalue weighted by Crippen LogP contribution is 2.27. The second-order valence-corrected chi connectivity index (χ2v) is 10.1. The van der Waals surface area contributed by atoms with Gasteiger partial charge in [-0.2, -0.15) is 4.31 Å². The Balaban J connectivity index is 1.34. The van der Waals surface area contributed by atoms with E-state index in [0.717, 1.165) is 18.4 Å². The summed E-state index contributed by atoms with van der Waals surface area (Å²) in [5.74, 6) is -0.0964. The number of aromatic nitrogens is 1. The minimum atomic E-state index is -3.47.